The summed E-state index contributed by atoms with van der Waals surface area (Å²) in [6.07, 6.45) is 1.81. The summed E-state index contributed by atoms with van der Waals surface area (Å²) in [7, 11) is 1.68. The second-order valence-corrected chi connectivity index (χ2v) is 9.56. The number of rotatable bonds is 4. The molecule has 33 heavy (non-hydrogen) atoms. The molecule has 0 bridgehead atoms. The van der Waals surface area contributed by atoms with Crippen LogP contribution < -0.4 is 16.2 Å². The molecule has 2 N–H and O–H groups in total. The molecule has 0 atom stereocenters. The van der Waals surface area contributed by atoms with Gasteiger partial charge >= 0.3 is 0 Å². The number of para-hydroxylation sites is 1. The minimum Gasteiger partial charge on any atom is -0.370 e. The highest BCUT2D eigenvalue weighted by Crippen LogP contribution is 2.37. The second kappa shape index (κ2) is 8.48. The zero-order valence-electron chi connectivity index (χ0n) is 18.7. The van der Waals surface area contributed by atoms with Crippen molar-refractivity contribution in [3.8, 4) is 11.3 Å². The lowest BCUT2D eigenvalue weighted by molar-refractivity contribution is 0.0999. The minimum atomic E-state index is -0.680. The number of anilines is 1. The molecule has 1 amide bonds. The number of thiazole rings is 1. The topological polar surface area (TPSA) is 81.2 Å². The van der Waals surface area contributed by atoms with Gasteiger partial charge in [-0.1, -0.05) is 48.0 Å². The molecule has 6 nitrogen and oxygen atoms in total. The van der Waals surface area contributed by atoms with Crippen LogP contribution in [0, 0.1) is 6.92 Å². The lowest BCUT2D eigenvalue weighted by Crippen LogP contribution is -2.38. The highest BCUT2D eigenvalue weighted by atomic mass is 32.1. The lowest BCUT2D eigenvalue weighted by atomic mass is 9.95. The van der Waals surface area contributed by atoms with Gasteiger partial charge in [0.1, 0.15) is 5.56 Å². The molecule has 7 heteroatoms. The van der Waals surface area contributed by atoms with E-state index >= 15 is 0 Å². The number of aryl methyl sites for hydroxylation is 2. The van der Waals surface area contributed by atoms with Crippen LogP contribution in [0.1, 0.15) is 39.7 Å². The molecule has 1 aliphatic rings. The molecular weight excluding hydrogens is 432 g/mol. The fourth-order valence-corrected chi connectivity index (χ4v) is 5.71. The number of nitrogens with zero attached hydrogens (tertiary/aromatic N) is 3. The monoisotopic (exact) mass is 458 g/mol. The molecular formula is C26H26N4O2S. The predicted octanol–water partition coefficient (Wildman–Crippen LogP) is 4.45. The number of primary amides is 1. The first kappa shape index (κ1) is 21.4. The summed E-state index contributed by atoms with van der Waals surface area (Å²) in [5.41, 5.74) is 10.3. The maximum atomic E-state index is 13.0. The van der Waals surface area contributed by atoms with Crippen molar-refractivity contribution in [1.29, 1.82) is 0 Å². The molecule has 4 aromatic rings. The number of carbonyl (C=O) groups is 1. The smallest absolute Gasteiger partial charge is 0.265 e. The van der Waals surface area contributed by atoms with E-state index in [2.05, 4.69) is 41.5 Å². The van der Waals surface area contributed by atoms with Crippen LogP contribution in [0.15, 0.2) is 58.7 Å². The number of aromatic nitrogens is 2. The average Bonchev–Trinajstić information content (AvgIpc) is 3.32. The van der Waals surface area contributed by atoms with Gasteiger partial charge in [-0.15, -0.1) is 11.3 Å². The summed E-state index contributed by atoms with van der Waals surface area (Å²) in [5, 5.41) is 4.16. The molecule has 0 spiro atoms. The SMILES string of the molecule is Cc1ccc(-c2csc(C3CCN(c4c(C(N)=O)c(=O)n(C)c5ccccc45)CC3)n2)cc1. The molecule has 0 aliphatic carbocycles. The Balaban J connectivity index is 1.43. The Kier molecular flexibility index (Phi) is 5.50. The van der Waals surface area contributed by atoms with Gasteiger partial charge in [-0.3, -0.25) is 9.59 Å². The van der Waals surface area contributed by atoms with E-state index in [9.17, 15) is 9.59 Å². The number of hydrogen-bond donors (Lipinski definition) is 1. The first-order valence-corrected chi connectivity index (χ1v) is 12.0. The summed E-state index contributed by atoms with van der Waals surface area (Å²) in [4.78, 5) is 32.3. The molecule has 1 aliphatic heterocycles. The van der Waals surface area contributed by atoms with E-state index in [-0.39, 0.29) is 11.1 Å². The van der Waals surface area contributed by atoms with Crippen LogP contribution in [0.4, 0.5) is 5.69 Å². The number of fused-ring (bicyclic) bond motifs is 1. The number of piperidine rings is 1. The molecule has 0 unspecified atom stereocenters. The molecule has 5 rings (SSSR count). The number of nitrogens with two attached hydrogens (primary N) is 1. The minimum absolute atomic E-state index is 0.0746. The molecule has 0 radical (unpaired) electrons. The standard InChI is InChI=1S/C26H26N4O2S/c1-16-7-9-17(10-8-16)20-15-33-25(28-20)18-11-13-30(14-12-18)23-19-5-3-4-6-21(19)29(2)26(32)22(23)24(27)31/h3-10,15,18H,11-14H2,1-2H3,(H2,27,31). The van der Waals surface area contributed by atoms with E-state index in [1.54, 1.807) is 18.4 Å². The number of benzene rings is 2. The zero-order chi connectivity index (χ0) is 23.1. The average molecular weight is 459 g/mol. The van der Waals surface area contributed by atoms with Crippen molar-refractivity contribution in [2.45, 2.75) is 25.7 Å². The highest BCUT2D eigenvalue weighted by molar-refractivity contribution is 7.10. The fraction of sp³-hybridized carbons (Fsp3) is 0.269. The maximum Gasteiger partial charge on any atom is 0.265 e. The van der Waals surface area contributed by atoms with Crippen molar-refractivity contribution >= 4 is 33.8 Å². The first-order valence-electron chi connectivity index (χ1n) is 11.1. The van der Waals surface area contributed by atoms with Gasteiger partial charge < -0.3 is 15.2 Å². The van der Waals surface area contributed by atoms with Crippen molar-refractivity contribution < 1.29 is 4.79 Å². The predicted molar refractivity (Wildman–Crippen MR) is 134 cm³/mol. The van der Waals surface area contributed by atoms with Crippen molar-refractivity contribution in [1.82, 2.24) is 9.55 Å². The third kappa shape index (κ3) is 3.82. The highest BCUT2D eigenvalue weighted by Gasteiger charge is 2.28. The van der Waals surface area contributed by atoms with Crippen molar-refractivity contribution in [3.05, 3.63) is 80.4 Å². The molecule has 2 aromatic carbocycles. The Labute approximate surface area is 196 Å². The summed E-state index contributed by atoms with van der Waals surface area (Å²) < 4.78 is 1.51. The third-order valence-corrected chi connectivity index (χ3v) is 7.56. The maximum absolute atomic E-state index is 13.0. The lowest BCUT2D eigenvalue weighted by Gasteiger charge is -2.34. The summed E-state index contributed by atoms with van der Waals surface area (Å²) >= 11 is 1.71. The van der Waals surface area contributed by atoms with Crippen LogP contribution in [-0.2, 0) is 7.05 Å². The zero-order valence-corrected chi connectivity index (χ0v) is 19.6. The number of hydrogen-bond acceptors (Lipinski definition) is 5. The number of amides is 1. The molecule has 0 saturated carbocycles. The molecule has 168 valence electrons. The van der Waals surface area contributed by atoms with E-state index in [1.807, 2.05) is 24.3 Å². The summed E-state index contributed by atoms with van der Waals surface area (Å²) in [6, 6.07) is 16.1. The Bertz CT molecular complexity index is 1400. The first-order chi connectivity index (χ1) is 15.9. The van der Waals surface area contributed by atoms with Crippen molar-refractivity contribution in [2.24, 2.45) is 12.8 Å². The van der Waals surface area contributed by atoms with Crippen LogP contribution in [0.3, 0.4) is 0 Å². The molecule has 1 fully saturated rings. The summed E-state index contributed by atoms with van der Waals surface area (Å²) in [5.74, 6) is -0.318. The normalized spacial score (nSPS) is 14.7. The van der Waals surface area contributed by atoms with Crippen LogP contribution >= 0.6 is 11.3 Å². The largest absolute Gasteiger partial charge is 0.370 e. The molecule has 3 heterocycles. The Morgan fingerprint density at radius 1 is 1.09 bits per heavy atom. The van der Waals surface area contributed by atoms with Gasteiger partial charge in [-0.25, -0.2) is 4.98 Å². The van der Waals surface area contributed by atoms with Crippen LogP contribution in [0.25, 0.3) is 22.2 Å². The van der Waals surface area contributed by atoms with Crippen molar-refractivity contribution in [2.75, 3.05) is 18.0 Å². The van der Waals surface area contributed by atoms with Crippen LogP contribution in [0.2, 0.25) is 0 Å². The molecule has 2 aromatic heterocycles. The quantitative estimate of drug-likeness (QED) is 0.490. The Hall–Kier alpha value is -3.45. The Morgan fingerprint density at radius 3 is 2.48 bits per heavy atom. The molecule has 1 saturated heterocycles. The van der Waals surface area contributed by atoms with E-state index in [0.717, 1.165) is 53.1 Å². The van der Waals surface area contributed by atoms with Gasteiger partial charge in [0, 0.05) is 42.4 Å². The van der Waals surface area contributed by atoms with E-state index in [0.29, 0.717) is 11.6 Å². The third-order valence-electron chi connectivity index (χ3n) is 6.55. The number of carbonyl (C=O) groups excluding carboxylic acids is 1. The summed E-state index contributed by atoms with van der Waals surface area (Å²) in [6.45, 7) is 3.56. The van der Waals surface area contributed by atoms with Crippen LogP contribution in [0.5, 0.6) is 0 Å². The van der Waals surface area contributed by atoms with E-state index in [1.165, 1.54) is 10.1 Å². The van der Waals surface area contributed by atoms with Gasteiger partial charge in [-0.05, 0) is 25.8 Å². The fourth-order valence-electron chi connectivity index (χ4n) is 4.71. The van der Waals surface area contributed by atoms with Gasteiger partial charge in [-0.2, -0.15) is 0 Å². The van der Waals surface area contributed by atoms with Gasteiger partial charge in [0.05, 0.1) is 21.9 Å². The van der Waals surface area contributed by atoms with Gasteiger partial charge in [0.2, 0.25) is 0 Å². The van der Waals surface area contributed by atoms with E-state index < -0.39 is 5.91 Å². The van der Waals surface area contributed by atoms with Gasteiger partial charge in [0.25, 0.3) is 11.5 Å². The number of pyridine rings is 1. The second-order valence-electron chi connectivity index (χ2n) is 8.67. The Morgan fingerprint density at radius 2 is 1.79 bits per heavy atom. The van der Waals surface area contributed by atoms with Gasteiger partial charge in [0.15, 0.2) is 0 Å². The van der Waals surface area contributed by atoms with Crippen molar-refractivity contribution in [3.63, 3.8) is 0 Å². The van der Waals surface area contributed by atoms with E-state index in [4.69, 9.17) is 10.7 Å². The van der Waals surface area contributed by atoms with Crippen LogP contribution in [-0.4, -0.2) is 28.5 Å².